The second-order valence-electron chi connectivity index (χ2n) is 4.45. The van der Waals surface area contributed by atoms with Gasteiger partial charge in [0.05, 0.1) is 12.1 Å². The number of nitrogens with one attached hydrogen (secondary N) is 1. The first-order chi connectivity index (χ1) is 7.72. The van der Waals surface area contributed by atoms with Gasteiger partial charge in [0, 0.05) is 19.7 Å². The molecule has 2 fully saturated rings. The Morgan fingerprint density at radius 2 is 2.38 bits per heavy atom. The minimum atomic E-state index is -0.537. The normalized spacial score (nSPS) is 34.6. The lowest BCUT2D eigenvalue weighted by molar-refractivity contribution is -0.132. The Morgan fingerprint density at radius 3 is 3.00 bits per heavy atom. The topological polar surface area (TPSA) is 61.8 Å². The van der Waals surface area contributed by atoms with E-state index in [1.807, 2.05) is 6.92 Å². The average Bonchev–Trinajstić information content (AvgIpc) is 2.88. The number of β-amino-alcohol motifs (C(OH)–C–C–N with tert-alkyl or cyclic N) is 1. The van der Waals surface area contributed by atoms with Crippen LogP contribution in [0.15, 0.2) is 0 Å². The van der Waals surface area contributed by atoms with Crippen molar-refractivity contribution in [2.75, 3.05) is 26.2 Å². The van der Waals surface area contributed by atoms with E-state index < -0.39 is 6.10 Å². The fraction of sp³-hybridized carbons (Fsp3) is 0.909. The van der Waals surface area contributed by atoms with Gasteiger partial charge in [0.25, 0.3) is 0 Å². The summed E-state index contributed by atoms with van der Waals surface area (Å²) in [6, 6.07) is -0.0485. The molecule has 2 aliphatic rings. The Balaban J connectivity index is 1.88. The maximum Gasteiger partial charge on any atom is 0.239 e. The lowest BCUT2D eigenvalue weighted by atomic mass is 10.2. The van der Waals surface area contributed by atoms with Gasteiger partial charge in [0.15, 0.2) is 0 Å². The molecule has 5 heteroatoms. The third-order valence-electron chi connectivity index (χ3n) is 3.29. The van der Waals surface area contributed by atoms with Crippen LogP contribution in [0.5, 0.6) is 0 Å². The van der Waals surface area contributed by atoms with E-state index in [1.165, 1.54) is 0 Å². The highest BCUT2D eigenvalue weighted by Gasteiger charge is 2.37. The van der Waals surface area contributed by atoms with Crippen LogP contribution in [0.2, 0.25) is 0 Å². The van der Waals surface area contributed by atoms with Crippen LogP contribution in [-0.4, -0.2) is 60.4 Å². The van der Waals surface area contributed by atoms with Gasteiger partial charge < -0.3 is 20.1 Å². The van der Waals surface area contributed by atoms with Gasteiger partial charge in [-0.05, 0) is 26.3 Å². The van der Waals surface area contributed by atoms with Crippen molar-refractivity contribution >= 4 is 5.91 Å². The van der Waals surface area contributed by atoms with Gasteiger partial charge in [-0.2, -0.15) is 0 Å². The predicted octanol–water partition coefficient (Wildman–Crippen LogP) is -0.653. The van der Waals surface area contributed by atoms with Crippen molar-refractivity contribution in [2.45, 2.75) is 38.0 Å². The molecule has 2 aliphatic heterocycles. The number of carbonyl (C=O) groups excluding carboxylic acids is 1. The van der Waals surface area contributed by atoms with Crippen LogP contribution in [0.3, 0.4) is 0 Å². The molecule has 1 amide bonds. The van der Waals surface area contributed by atoms with Crippen LogP contribution in [0.25, 0.3) is 0 Å². The van der Waals surface area contributed by atoms with Gasteiger partial charge in [0.2, 0.25) is 5.91 Å². The molecule has 0 radical (unpaired) electrons. The smallest absolute Gasteiger partial charge is 0.239 e. The van der Waals surface area contributed by atoms with Gasteiger partial charge >= 0.3 is 0 Å². The molecule has 0 saturated carbocycles. The summed E-state index contributed by atoms with van der Waals surface area (Å²) < 4.78 is 5.39. The Morgan fingerprint density at radius 1 is 1.56 bits per heavy atom. The quantitative estimate of drug-likeness (QED) is 0.673. The van der Waals surface area contributed by atoms with Crippen LogP contribution in [0, 0.1) is 0 Å². The SMILES string of the molecule is CCO[C@@H]1CN(C(=O)[C@@H]2CCCN2)C[C@H]1O. The van der Waals surface area contributed by atoms with Crippen LogP contribution in [0.4, 0.5) is 0 Å². The molecule has 92 valence electrons. The molecule has 0 bridgehead atoms. The summed E-state index contributed by atoms with van der Waals surface area (Å²) >= 11 is 0. The van der Waals surface area contributed by atoms with Crippen LogP contribution < -0.4 is 5.32 Å². The highest BCUT2D eigenvalue weighted by molar-refractivity contribution is 5.82. The van der Waals surface area contributed by atoms with E-state index in [0.29, 0.717) is 19.7 Å². The molecule has 0 unspecified atom stereocenters. The van der Waals surface area contributed by atoms with E-state index in [4.69, 9.17) is 4.74 Å². The van der Waals surface area contributed by atoms with Crippen molar-refractivity contribution in [3.05, 3.63) is 0 Å². The number of hydrogen-bond donors (Lipinski definition) is 2. The third kappa shape index (κ3) is 2.36. The Bertz CT molecular complexity index is 254. The van der Waals surface area contributed by atoms with E-state index in [1.54, 1.807) is 4.90 Å². The molecule has 0 aliphatic carbocycles. The van der Waals surface area contributed by atoms with Crippen molar-refractivity contribution in [1.82, 2.24) is 10.2 Å². The summed E-state index contributed by atoms with van der Waals surface area (Å²) in [6.45, 7) is 4.32. The predicted molar refractivity (Wildman–Crippen MR) is 59.0 cm³/mol. The van der Waals surface area contributed by atoms with E-state index >= 15 is 0 Å². The Hall–Kier alpha value is -0.650. The summed E-state index contributed by atoms with van der Waals surface area (Å²) in [5, 5.41) is 12.9. The number of likely N-dealkylation sites (tertiary alicyclic amines) is 1. The minimum Gasteiger partial charge on any atom is -0.388 e. The highest BCUT2D eigenvalue weighted by atomic mass is 16.5. The molecule has 0 aromatic carbocycles. The molecule has 2 saturated heterocycles. The average molecular weight is 228 g/mol. The highest BCUT2D eigenvalue weighted by Crippen LogP contribution is 2.17. The number of rotatable bonds is 3. The van der Waals surface area contributed by atoms with Crippen molar-refractivity contribution in [1.29, 1.82) is 0 Å². The van der Waals surface area contributed by atoms with E-state index in [9.17, 15) is 9.90 Å². The molecule has 2 rings (SSSR count). The molecular weight excluding hydrogens is 208 g/mol. The Kier molecular flexibility index (Phi) is 3.78. The zero-order chi connectivity index (χ0) is 11.5. The zero-order valence-corrected chi connectivity index (χ0v) is 9.69. The molecule has 3 atom stereocenters. The van der Waals surface area contributed by atoms with Crippen LogP contribution in [-0.2, 0) is 9.53 Å². The summed E-state index contributed by atoms with van der Waals surface area (Å²) in [5.41, 5.74) is 0. The maximum atomic E-state index is 12.0. The minimum absolute atomic E-state index is 0.0485. The number of hydrogen-bond acceptors (Lipinski definition) is 4. The van der Waals surface area contributed by atoms with Gasteiger partial charge in [-0.25, -0.2) is 0 Å². The summed E-state index contributed by atoms with van der Waals surface area (Å²) in [7, 11) is 0. The Labute approximate surface area is 95.8 Å². The molecule has 0 aromatic heterocycles. The van der Waals surface area contributed by atoms with Gasteiger partial charge in [-0.3, -0.25) is 4.79 Å². The molecule has 5 nitrogen and oxygen atoms in total. The molecular formula is C11H20N2O3. The molecule has 2 heterocycles. The monoisotopic (exact) mass is 228 g/mol. The van der Waals surface area contributed by atoms with Crippen molar-refractivity contribution in [3.8, 4) is 0 Å². The first kappa shape index (κ1) is 11.8. The second-order valence-corrected chi connectivity index (χ2v) is 4.45. The largest absolute Gasteiger partial charge is 0.388 e. The van der Waals surface area contributed by atoms with Gasteiger partial charge in [-0.15, -0.1) is 0 Å². The fourth-order valence-corrected chi connectivity index (χ4v) is 2.43. The van der Waals surface area contributed by atoms with Crippen LogP contribution in [0.1, 0.15) is 19.8 Å². The lowest BCUT2D eigenvalue weighted by Crippen LogP contribution is -2.43. The summed E-state index contributed by atoms with van der Waals surface area (Å²) in [4.78, 5) is 13.8. The van der Waals surface area contributed by atoms with E-state index in [0.717, 1.165) is 19.4 Å². The standard InChI is InChI=1S/C11H20N2O3/c1-2-16-10-7-13(6-9(10)14)11(15)8-4-3-5-12-8/h8-10,12,14H,2-7H2,1H3/t8-,9+,10+/m0/s1. The molecule has 0 spiro atoms. The second kappa shape index (κ2) is 5.12. The fourth-order valence-electron chi connectivity index (χ4n) is 2.43. The number of nitrogens with zero attached hydrogens (tertiary/aromatic N) is 1. The van der Waals surface area contributed by atoms with E-state index in [-0.39, 0.29) is 18.1 Å². The number of aliphatic hydroxyl groups excluding tert-OH is 1. The lowest BCUT2D eigenvalue weighted by Gasteiger charge is -2.20. The molecule has 16 heavy (non-hydrogen) atoms. The number of amides is 1. The van der Waals surface area contributed by atoms with Gasteiger partial charge in [0.1, 0.15) is 6.10 Å². The first-order valence-electron chi connectivity index (χ1n) is 6.04. The number of carbonyl (C=O) groups is 1. The number of ether oxygens (including phenoxy) is 1. The van der Waals surface area contributed by atoms with Crippen molar-refractivity contribution < 1.29 is 14.6 Å². The van der Waals surface area contributed by atoms with Crippen molar-refractivity contribution in [2.24, 2.45) is 0 Å². The zero-order valence-electron chi connectivity index (χ0n) is 9.69. The maximum absolute atomic E-state index is 12.0. The summed E-state index contributed by atoms with van der Waals surface area (Å²) in [6.07, 6.45) is 1.22. The van der Waals surface area contributed by atoms with E-state index in [2.05, 4.69) is 5.32 Å². The summed E-state index contributed by atoms with van der Waals surface area (Å²) in [5.74, 6) is 0.110. The van der Waals surface area contributed by atoms with Crippen LogP contribution >= 0.6 is 0 Å². The molecule has 2 N–H and O–H groups in total. The van der Waals surface area contributed by atoms with Gasteiger partial charge in [-0.1, -0.05) is 0 Å². The third-order valence-corrected chi connectivity index (χ3v) is 3.29. The van der Waals surface area contributed by atoms with Crippen molar-refractivity contribution in [3.63, 3.8) is 0 Å². The molecule has 0 aromatic rings. The first-order valence-corrected chi connectivity index (χ1v) is 6.04. The number of aliphatic hydroxyl groups is 1.